The molecule has 1 aliphatic rings. The van der Waals surface area contributed by atoms with Gasteiger partial charge in [-0.25, -0.2) is 4.79 Å². The Morgan fingerprint density at radius 2 is 1.87 bits per heavy atom. The maximum atomic E-state index is 12.1. The highest BCUT2D eigenvalue weighted by Crippen LogP contribution is 2.35. The maximum Gasteiger partial charge on any atom is 0.331 e. The molecule has 1 fully saturated rings. The molecule has 8 heteroatoms. The number of halogens is 1. The molecule has 2 heterocycles. The Kier molecular flexibility index (Phi) is 6.86. The Morgan fingerprint density at radius 1 is 1.13 bits per heavy atom. The van der Waals surface area contributed by atoms with Gasteiger partial charge in [-0.15, -0.1) is 11.3 Å². The van der Waals surface area contributed by atoms with Crippen LogP contribution in [0.5, 0.6) is 0 Å². The molecular weight excluding hydrogens is 436 g/mol. The zero-order chi connectivity index (χ0) is 21.6. The molecule has 1 saturated heterocycles. The van der Waals surface area contributed by atoms with E-state index in [0.717, 1.165) is 33.7 Å². The number of ether oxygens (including phenoxy) is 2. The first-order valence-corrected chi connectivity index (χ1v) is 11.0. The molecule has 0 radical (unpaired) electrons. The number of fused-ring (bicyclic) bond motifs is 1. The molecule has 3 aromatic rings. The maximum absolute atomic E-state index is 12.1. The van der Waals surface area contributed by atoms with Gasteiger partial charge in [0.05, 0.1) is 18.2 Å². The normalized spacial score (nSPS) is 14.2. The number of anilines is 2. The minimum Gasteiger partial charge on any atom is -0.452 e. The summed E-state index contributed by atoms with van der Waals surface area (Å²) in [5.41, 5.74) is 1.73. The van der Waals surface area contributed by atoms with Crippen LogP contribution in [0.25, 0.3) is 16.2 Å². The van der Waals surface area contributed by atoms with Crippen molar-refractivity contribution < 1.29 is 19.1 Å². The number of esters is 1. The Morgan fingerprint density at radius 3 is 2.61 bits per heavy atom. The molecule has 6 nitrogen and oxygen atoms in total. The van der Waals surface area contributed by atoms with Gasteiger partial charge in [0.25, 0.3) is 5.91 Å². The van der Waals surface area contributed by atoms with Crippen LogP contribution in [-0.4, -0.2) is 44.8 Å². The summed E-state index contributed by atoms with van der Waals surface area (Å²) in [6.07, 6.45) is 2.89. The number of thiophene rings is 1. The van der Waals surface area contributed by atoms with Crippen molar-refractivity contribution >= 4 is 62.4 Å². The topological polar surface area (TPSA) is 67.9 Å². The van der Waals surface area contributed by atoms with Crippen LogP contribution in [0.2, 0.25) is 5.02 Å². The van der Waals surface area contributed by atoms with Crippen LogP contribution in [0.15, 0.2) is 54.6 Å². The van der Waals surface area contributed by atoms with Gasteiger partial charge < -0.3 is 19.7 Å². The number of hydrogen-bond donors (Lipinski definition) is 1. The van der Waals surface area contributed by atoms with Gasteiger partial charge in [-0.05, 0) is 36.4 Å². The predicted molar refractivity (Wildman–Crippen MR) is 125 cm³/mol. The largest absolute Gasteiger partial charge is 0.452 e. The number of nitrogens with zero attached hydrogens (tertiary/aromatic N) is 1. The molecule has 0 spiro atoms. The summed E-state index contributed by atoms with van der Waals surface area (Å²) in [5.74, 6) is -1.01. The molecule has 160 valence electrons. The molecule has 0 atom stereocenters. The Balaban J connectivity index is 1.26. The van der Waals surface area contributed by atoms with Crippen LogP contribution in [0.4, 0.5) is 11.4 Å². The van der Waals surface area contributed by atoms with Crippen molar-refractivity contribution in [3.05, 3.63) is 64.5 Å². The molecule has 4 rings (SSSR count). The number of hydrogen-bond acceptors (Lipinski definition) is 6. The number of morpholine rings is 1. The zero-order valence-corrected chi connectivity index (χ0v) is 18.2. The highest BCUT2D eigenvalue weighted by molar-refractivity contribution is 7.20. The van der Waals surface area contributed by atoms with Crippen LogP contribution in [0, 0.1) is 0 Å². The van der Waals surface area contributed by atoms with Gasteiger partial charge in [-0.2, -0.15) is 0 Å². The van der Waals surface area contributed by atoms with E-state index in [-0.39, 0.29) is 6.61 Å². The fraction of sp³-hybridized carbons (Fsp3) is 0.217. The molecule has 31 heavy (non-hydrogen) atoms. The van der Waals surface area contributed by atoms with Crippen molar-refractivity contribution in [3.63, 3.8) is 0 Å². The summed E-state index contributed by atoms with van der Waals surface area (Å²) >= 11 is 7.84. The summed E-state index contributed by atoms with van der Waals surface area (Å²) in [6.45, 7) is 2.76. The minimum atomic E-state index is -0.605. The molecule has 0 saturated carbocycles. The van der Waals surface area contributed by atoms with E-state index in [1.54, 1.807) is 6.08 Å². The van der Waals surface area contributed by atoms with Crippen LogP contribution in [0.3, 0.4) is 0 Å². The number of nitrogens with one attached hydrogen (secondary N) is 1. The monoisotopic (exact) mass is 456 g/mol. The van der Waals surface area contributed by atoms with Gasteiger partial charge in [0.1, 0.15) is 0 Å². The fourth-order valence-corrected chi connectivity index (χ4v) is 4.64. The van der Waals surface area contributed by atoms with Crippen LogP contribution in [0.1, 0.15) is 4.88 Å². The van der Waals surface area contributed by atoms with E-state index in [9.17, 15) is 9.59 Å². The molecule has 0 aliphatic carbocycles. The molecule has 1 amide bonds. The number of carbonyl (C=O) groups is 2. The van der Waals surface area contributed by atoms with Gasteiger partial charge in [0, 0.05) is 45.5 Å². The van der Waals surface area contributed by atoms with E-state index >= 15 is 0 Å². The fourth-order valence-electron chi connectivity index (χ4n) is 3.24. The molecule has 2 aromatic carbocycles. The van der Waals surface area contributed by atoms with E-state index in [1.165, 1.54) is 17.4 Å². The van der Waals surface area contributed by atoms with Crippen LogP contribution in [-0.2, 0) is 19.1 Å². The number of carbonyl (C=O) groups excluding carboxylic acids is 2. The average Bonchev–Trinajstić information content (AvgIpc) is 3.13. The van der Waals surface area contributed by atoms with Gasteiger partial charge in [-0.1, -0.05) is 29.8 Å². The lowest BCUT2D eigenvalue weighted by Gasteiger charge is -2.28. The zero-order valence-electron chi connectivity index (χ0n) is 16.7. The summed E-state index contributed by atoms with van der Waals surface area (Å²) in [4.78, 5) is 27.1. The lowest BCUT2D eigenvalue weighted by atomic mass is 10.2. The third-order valence-electron chi connectivity index (χ3n) is 4.80. The standard InChI is InChI=1S/C23H21ClN2O4S/c24-23-18-3-1-2-4-19(18)31-20(23)9-10-22(28)30-15-21(27)25-16-5-7-17(8-6-16)26-11-13-29-14-12-26/h1-10H,11-15H2,(H,25,27)/b10-9+. The summed E-state index contributed by atoms with van der Waals surface area (Å²) in [5, 5.41) is 4.27. The molecule has 1 aliphatic heterocycles. The molecule has 0 bridgehead atoms. The van der Waals surface area contributed by atoms with Crippen molar-refractivity contribution in [1.29, 1.82) is 0 Å². The quantitative estimate of drug-likeness (QED) is 0.434. The predicted octanol–water partition coefficient (Wildman–Crippen LogP) is 4.59. The van der Waals surface area contributed by atoms with Crippen molar-refractivity contribution in [2.75, 3.05) is 43.1 Å². The van der Waals surface area contributed by atoms with E-state index in [0.29, 0.717) is 23.9 Å². The lowest BCUT2D eigenvalue weighted by molar-refractivity contribution is -0.142. The number of benzene rings is 2. The molecule has 1 N–H and O–H groups in total. The lowest BCUT2D eigenvalue weighted by Crippen LogP contribution is -2.36. The van der Waals surface area contributed by atoms with Crippen molar-refractivity contribution in [1.82, 2.24) is 0 Å². The molecular formula is C23H21ClN2O4S. The highest BCUT2D eigenvalue weighted by Gasteiger charge is 2.12. The van der Waals surface area contributed by atoms with Crippen molar-refractivity contribution in [2.45, 2.75) is 0 Å². The second-order valence-corrected chi connectivity index (χ2v) is 8.37. The van der Waals surface area contributed by atoms with Crippen molar-refractivity contribution in [2.24, 2.45) is 0 Å². The minimum absolute atomic E-state index is 0.367. The SMILES string of the molecule is O=C(COC(=O)/C=C/c1sc2ccccc2c1Cl)Nc1ccc(N2CCOCC2)cc1. The first-order chi connectivity index (χ1) is 15.1. The third kappa shape index (κ3) is 5.44. The number of amides is 1. The van der Waals surface area contributed by atoms with Crippen LogP contribution >= 0.6 is 22.9 Å². The first-order valence-electron chi connectivity index (χ1n) is 9.84. The highest BCUT2D eigenvalue weighted by atomic mass is 35.5. The van der Waals surface area contributed by atoms with Gasteiger partial charge >= 0.3 is 5.97 Å². The Hall–Kier alpha value is -2.87. The van der Waals surface area contributed by atoms with Gasteiger partial charge in [0.15, 0.2) is 6.61 Å². The van der Waals surface area contributed by atoms with Gasteiger partial charge in [0.2, 0.25) is 0 Å². The van der Waals surface area contributed by atoms with E-state index in [4.69, 9.17) is 21.1 Å². The van der Waals surface area contributed by atoms with Crippen molar-refractivity contribution in [3.8, 4) is 0 Å². The van der Waals surface area contributed by atoms with Gasteiger partial charge in [-0.3, -0.25) is 4.79 Å². The van der Waals surface area contributed by atoms with Crippen LogP contribution < -0.4 is 10.2 Å². The summed E-state index contributed by atoms with van der Waals surface area (Å²) in [7, 11) is 0. The third-order valence-corrected chi connectivity index (χ3v) is 6.46. The van der Waals surface area contributed by atoms with E-state index < -0.39 is 11.9 Å². The Bertz CT molecular complexity index is 1100. The Labute approximate surface area is 189 Å². The molecule has 0 unspecified atom stereocenters. The molecule has 1 aromatic heterocycles. The van der Waals surface area contributed by atoms with E-state index in [2.05, 4.69) is 10.2 Å². The van der Waals surface area contributed by atoms with E-state index in [1.807, 2.05) is 48.5 Å². The second-order valence-electron chi connectivity index (χ2n) is 6.91. The first kappa shape index (κ1) is 21.4. The summed E-state index contributed by atoms with van der Waals surface area (Å²) < 4.78 is 11.4. The smallest absolute Gasteiger partial charge is 0.331 e. The second kappa shape index (κ2) is 9.96. The number of rotatable bonds is 6. The average molecular weight is 457 g/mol. The summed E-state index contributed by atoms with van der Waals surface area (Å²) in [6, 6.07) is 15.3.